The summed E-state index contributed by atoms with van der Waals surface area (Å²) in [5.74, 6) is -0.471. The highest BCUT2D eigenvalue weighted by atomic mass is 35.5. The number of rotatable bonds is 7. The summed E-state index contributed by atoms with van der Waals surface area (Å²) in [6, 6.07) is 15.8. The molecule has 0 radical (unpaired) electrons. The van der Waals surface area contributed by atoms with Gasteiger partial charge in [0, 0.05) is 29.1 Å². The van der Waals surface area contributed by atoms with Gasteiger partial charge in [0.2, 0.25) is 5.91 Å². The fourth-order valence-corrected chi connectivity index (χ4v) is 5.12. The van der Waals surface area contributed by atoms with E-state index in [9.17, 15) is 9.59 Å². The third-order valence-corrected chi connectivity index (χ3v) is 6.69. The maximum atomic E-state index is 13.8. The number of methoxy groups -OCH3 is 2. The molecule has 2 amide bonds. The molecule has 0 spiro atoms. The molecule has 2 aromatic carbocycles. The number of benzene rings is 2. The van der Waals surface area contributed by atoms with Gasteiger partial charge in [0.25, 0.3) is 5.91 Å². The van der Waals surface area contributed by atoms with Crippen molar-refractivity contribution in [3.05, 3.63) is 81.0 Å². The van der Waals surface area contributed by atoms with E-state index in [1.807, 2.05) is 35.7 Å². The van der Waals surface area contributed by atoms with Crippen molar-refractivity contribution in [3.8, 4) is 5.75 Å². The lowest BCUT2D eigenvalue weighted by atomic mass is 9.81. The lowest BCUT2D eigenvalue weighted by Gasteiger charge is -2.41. The van der Waals surface area contributed by atoms with Crippen molar-refractivity contribution in [2.75, 3.05) is 32.7 Å². The second-order valence-corrected chi connectivity index (χ2v) is 8.77. The normalized spacial score (nSPS) is 17.7. The quantitative estimate of drug-likeness (QED) is 0.529. The minimum Gasteiger partial charge on any atom is -0.495 e. The summed E-state index contributed by atoms with van der Waals surface area (Å²) in [5, 5.41) is 5.41. The summed E-state index contributed by atoms with van der Waals surface area (Å²) in [6.07, 6.45) is 0. The van der Waals surface area contributed by atoms with Crippen molar-refractivity contribution in [1.82, 2.24) is 4.90 Å². The number of thiophene rings is 1. The third-order valence-electron chi connectivity index (χ3n) is 5.51. The van der Waals surface area contributed by atoms with E-state index in [1.165, 1.54) is 18.4 Å². The van der Waals surface area contributed by atoms with Crippen LogP contribution in [0.15, 0.2) is 60.0 Å². The average molecular weight is 471 g/mol. The van der Waals surface area contributed by atoms with Gasteiger partial charge in [0.05, 0.1) is 31.4 Å². The average Bonchev–Trinajstić information content (AvgIpc) is 3.33. The molecule has 0 unspecified atom stereocenters. The smallest absolute Gasteiger partial charge is 0.254 e. The van der Waals surface area contributed by atoms with Crippen molar-refractivity contribution in [2.24, 2.45) is 0 Å². The zero-order chi connectivity index (χ0) is 22.7. The number of fused-ring (bicyclic) bond motifs is 1. The van der Waals surface area contributed by atoms with Crippen LogP contribution in [0, 0.1) is 0 Å². The molecule has 4 rings (SSSR count). The Hall–Kier alpha value is -2.87. The van der Waals surface area contributed by atoms with E-state index in [1.54, 1.807) is 36.3 Å². The standard InChI is InChI=1S/C24H23ClN2O4S/c1-30-12-11-27-22(20-8-5-13-32-20)21(16-6-3-4-7-17(16)24(27)29)23(28)26-18-14-15(25)9-10-19(18)31-2/h3-10,13-14,21-22H,11-12H2,1-2H3,(H,26,28)/t21-,22+/m0/s1. The summed E-state index contributed by atoms with van der Waals surface area (Å²) in [5.41, 5.74) is 1.70. The number of halogens is 1. The molecular weight excluding hydrogens is 448 g/mol. The highest BCUT2D eigenvalue weighted by Crippen LogP contribution is 2.45. The van der Waals surface area contributed by atoms with Gasteiger partial charge in [0.1, 0.15) is 5.75 Å². The number of anilines is 1. The Labute approximate surface area is 195 Å². The van der Waals surface area contributed by atoms with Crippen molar-refractivity contribution in [2.45, 2.75) is 12.0 Å². The van der Waals surface area contributed by atoms with E-state index in [0.29, 0.717) is 40.7 Å². The van der Waals surface area contributed by atoms with Crippen LogP contribution in [0.25, 0.3) is 0 Å². The minimum absolute atomic E-state index is 0.111. The summed E-state index contributed by atoms with van der Waals surface area (Å²) in [4.78, 5) is 29.8. The summed E-state index contributed by atoms with van der Waals surface area (Å²) in [6.45, 7) is 0.739. The number of carbonyl (C=O) groups is 2. The van der Waals surface area contributed by atoms with Gasteiger partial charge in [-0.2, -0.15) is 0 Å². The summed E-state index contributed by atoms with van der Waals surface area (Å²) in [7, 11) is 3.13. The number of hydrogen-bond donors (Lipinski definition) is 1. The predicted octanol–water partition coefficient (Wildman–Crippen LogP) is 4.98. The molecule has 1 aliphatic heterocycles. The Balaban J connectivity index is 1.81. The highest BCUT2D eigenvalue weighted by Gasteiger charge is 2.44. The van der Waals surface area contributed by atoms with Gasteiger partial charge in [-0.3, -0.25) is 9.59 Å². The third kappa shape index (κ3) is 4.24. The van der Waals surface area contributed by atoms with Crippen LogP contribution >= 0.6 is 22.9 Å². The van der Waals surface area contributed by atoms with Crippen LogP contribution in [0.3, 0.4) is 0 Å². The van der Waals surface area contributed by atoms with Gasteiger partial charge in [-0.05, 0) is 41.3 Å². The van der Waals surface area contributed by atoms with E-state index in [2.05, 4.69) is 5.32 Å². The SMILES string of the molecule is COCCN1C(=O)c2ccccc2[C@H](C(=O)Nc2cc(Cl)ccc2OC)[C@H]1c1cccs1. The Bertz CT molecular complexity index is 1120. The fraction of sp³-hybridized carbons (Fsp3) is 0.250. The Kier molecular flexibility index (Phi) is 6.79. The van der Waals surface area contributed by atoms with Crippen LogP contribution in [-0.4, -0.2) is 44.1 Å². The summed E-state index contributed by atoms with van der Waals surface area (Å²) >= 11 is 7.68. The predicted molar refractivity (Wildman–Crippen MR) is 126 cm³/mol. The van der Waals surface area contributed by atoms with Crippen LogP contribution in [0.5, 0.6) is 5.75 Å². The topological polar surface area (TPSA) is 67.9 Å². The maximum Gasteiger partial charge on any atom is 0.254 e. The molecule has 0 bridgehead atoms. The first-order valence-corrected chi connectivity index (χ1v) is 11.4. The second-order valence-electron chi connectivity index (χ2n) is 7.35. The molecule has 2 heterocycles. The number of ether oxygens (including phenoxy) is 2. The Morgan fingerprint density at radius 3 is 2.69 bits per heavy atom. The molecule has 2 atom stereocenters. The molecular formula is C24H23ClN2O4S. The molecule has 0 fully saturated rings. The molecule has 1 N–H and O–H groups in total. The highest BCUT2D eigenvalue weighted by molar-refractivity contribution is 7.10. The van der Waals surface area contributed by atoms with E-state index < -0.39 is 12.0 Å². The first-order valence-electron chi connectivity index (χ1n) is 10.1. The molecule has 6 nitrogen and oxygen atoms in total. The first kappa shape index (κ1) is 22.3. The number of carbonyl (C=O) groups excluding carboxylic acids is 2. The molecule has 8 heteroatoms. The molecule has 0 saturated heterocycles. The summed E-state index contributed by atoms with van der Waals surface area (Å²) < 4.78 is 10.7. The zero-order valence-corrected chi connectivity index (χ0v) is 19.3. The van der Waals surface area contributed by atoms with Gasteiger partial charge in [-0.25, -0.2) is 0 Å². The fourth-order valence-electron chi connectivity index (χ4n) is 4.07. The molecule has 0 aliphatic carbocycles. The number of hydrogen-bond acceptors (Lipinski definition) is 5. The lowest BCUT2D eigenvalue weighted by molar-refractivity contribution is -0.119. The van der Waals surface area contributed by atoms with Crippen molar-refractivity contribution in [1.29, 1.82) is 0 Å². The molecule has 3 aromatic rings. The van der Waals surface area contributed by atoms with Crippen LogP contribution in [0.4, 0.5) is 5.69 Å². The number of nitrogens with one attached hydrogen (secondary N) is 1. The number of amides is 2. The second kappa shape index (κ2) is 9.73. The van der Waals surface area contributed by atoms with Gasteiger partial charge in [-0.1, -0.05) is 35.9 Å². The molecule has 0 saturated carbocycles. The number of nitrogens with zero attached hydrogens (tertiary/aromatic N) is 1. The molecule has 166 valence electrons. The van der Waals surface area contributed by atoms with E-state index in [4.69, 9.17) is 21.1 Å². The van der Waals surface area contributed by atoms with Crippen LogP contribution in [0.2, 0.25) is 5.02 Å². The van der Waals surface area contributed by atoms with Crippen molar-refractivity contribution in [3.63, 3.8) is 0 Å². The van der Waals surface area contributed by atoms with Gasteiger partial charge in [-0.15, -0.1) is 11.3 Å². The van der Waals surface area contributed by atoms with Gasteiger partial charge >= 0.3 is 0 Å². The van der Waals surface area contributed by atoms with Crippen LogP contribution < -0.4 is 10.1 Å². The monoisotopic (exact) mass is 470 g/mol. The first-order chi connectivity index (χ1) is 15.5. The van der Waals surface area contributed by atoms with E-state index in [-0.39, 0.29) is 11.8 Å². The van der Waals surface area contributed by atoms with E-state index >= 15 is 0 Å². The zero-order valence-electron chi connectivity index (χ0n) is 17.7. The van der Waals surface area contributed by atoms with Gasteiger partial charge in [0.15, 0.2) is 0 Å². The molecule has 1 aromatic heterocycles. The molecule has 1 aliphatic rings. The van der Waals surface area contributed by atoms with Gasteiger partial charge < -0.3 is 19.7 Å². The maximum absolute atomic E-state index is 13.8. The van der Waals surface area contributed by atoms with Crippen molar-refractivity contribution < 1.29 is 19.1 Å². The lowest BCUT2D eigenvalue weighted by Crippen LogP contribution is -2.47. The molecule has 32 heavy (non-hydrogen) atoms. The Morgan fingerprint density at radius 1 is 1.16 bits per heavy atom. The minimum atomic E-state index is -0.622. The Morgan fingerprint density at radius 2 is 1.97 bits per heavy atom. The largest absolute Gasteiger partial charge is 0.495 e. The van der Waals surface area contributed by atoms with E-state index in [0.717, 1.165) is 4.88 Å². The van der Waals surface area contributed by atoms with Crippen LogP contribution in [0.1, 0.15) is 32.8 Å². The van der Waals surface area contributed by atoms with Crippen molar-refractivity contribution >= 4 is 40.4 Å². The van der Waals surface area contributed by atoms with Crippen LogP contribution in [-0.2, 0) is 9.53 Å².